The number of hydrogen-bond donors (Lipinski definition) is 0. The third-order valence-corrected chi connectivity index (χ3v) is 3.59. The molecule has 0 aromatic heterocycles. The van der Waals surface area contributed by atoms with Crippen molar-refractivity contribution in [2.45, 2.75) is 32.8 Å². The third-order valence-electron chi connectivity index (χ3n) is 3.59. The van der Waals surface area contributed by atoms with Gasteiger partial charge in [0.15, 0.2) is 0 Å². The van der Waals surface area contributed by atoms with E-state index in [9.17, 15) is 4.79 Å². The van der Waals surface area contributed by atoms with Crippen LogP contribution in [0.15, 0.2) is 42.5 Å². The Balaban J connectivity index is 2.02. The van der Waals surface area contributed by atoms with Crippen LogP contribution in [0.5, 0.6) is 0 Å². The van der Waals surface area contributed by atoms with Crippen LogP contribution in [0.25, 0.3) is 0 Å². The van der Waals surface area contributed by atoms with Crippen LogP contribution < -0.4 is 0 Å². The fraction of sp³-hybridized carbons (Fsp3) is 0.438. The van der Waals surface area contributed by atoms with Crippen LogP contribution >= 0.6 is 0 Å². The number of benzene rings is 1. The highest BCUT2D eigenvalue weighted by Gasteiger charge is 2.39. The summed E-state index contributed by atoms with van der Waals surface area (Å²) in [5.41, 5.74) is 1.94. The van der Waals surface area contributed by atoms with Crippen LogP contribution in [0.1, 0.15) is 25.8 Å². The van der Waals surface area contributed by atoms with E-state index < -0.39 is 0 Å². The number of ether oxygens (including phenoxy) is 1. The van der Waals surface area contributed by atoms with Gasteiger partial charge in [-0.25, -0.2) is 4.79 Å². The third kappa shape index (κ3) is 2.63. The van der Waals surface area contributed by atoms with Gasteiger partial charge in [-0.1, -0.05) is 50.8 Å². The molecule has 0 aliphatic carbocycles. The fourth-order valence-electron chi connectivity index (χ4n) is 2.54. The molecule has 1 aliphatic rings. The van der Waals surface area contributed by atoms with Crippen molar-refractivity contribution in [1.29, 1.82) is 0 Å². The largest absolute Gasteiger partial charge is 0.458 e. The highest BCUT2D eigenvalue weighted by molar-refractivity contribution is 5.90. The van der Waals surface area contributed by atoms with E-state index in [4.69, 9.17) is 4.74 Å². The van der Waals surface area contributed by atoms with Gasteiger partial charge < -0.3 is 4.74 Å². The summed E-state index contributed by atoms with van der Waals surface area (Å²) in [6.07, 6.45) is 1.88. The molecule has 1 heterocycles. The van der Waals surface area contributed by atoms with E-state index >= 15 is 0 Å². The first-order valence-electron chi connectivity index (χ1n) is 6.53. The minimum absolute atomic E-state index is 0.00582. The maximum absolute atomic E-state index is 11.6. The molecule has 18 heavy (non-hydrogen) atoms. The second-order valence-electron chi connectivity index (χ2n) is 5.27. The number of carbonyl (C=O) groups excluding carboxylic acids is 1. The number of cyclic esters (lactones) is 1. The van der Waals surface area contributed by atoms with Crippen molar-refractivity contribution in [1.82, 2.24) is 0 Å². The first-order valence-corrected chi connectivity index (χ1v) is 6.53. The molecular formula is C16H20O2. The summed E-state index contributed by atoms with van der Waals surface area (Å²) in [5, 5.41) is 0. The van der Waals surface area contributed by atoms with Crippen LogP contribution in [0.2, 0.25) is 0 Å². The Kier molecular flexibility index (Phi) is 3.85. The molecule has 0 N–H and O–H groups in total. The zero-order valence-corrected chi connectivity index (χ0v) is 11.1. The average molecular weight is 244 g/mol. The number of esters is 1. The lowest BCUT2D eigenvalue weighted by Crippen LogP contribution is -2.23. The molecule has 0 saturated carbocycles. The average Bonchev–Trinajstić information content (AvgIpc) is 2.65. The van der Waals surface area contributed by atoms with E-state index in [2.05, 4.69) is 32.6 Å². The second kappa shape index (κ2) is 5.38. The van der Waals surface area contributed by atoms with E-state index in [0.29, 0.717) is 11.5 Å². The van der Waals surface area contributed by atoms with Gasteiger partial charge in [0.25, 0.3) is 0 Å². The predicted octanol–water partition coefficient (Wildman–Crippen LogP) is 3.37. The number of hydrogen-bond acceptors (Lipinski definition) is 2. The standard InChI is InChI=1S/C16H20O2/c1-11(2)15-14(12(3)16(17)18-15)10-9-13-7-5-4-6-8-13/h4-8,11,14-15H,3,9-10H2,1-2H3/t14-,15-/m1/s1. The maximum atomic E-state index is 11.6. The zero-order chi connectivity index (χ0) is 13.1. The van der Waals surface area contributed by atoms with Gasteiger partial charge in [0.1, 0.15) is 6.10 Å². The van der Waals surface area contributed by atoms with Crippen LogP contribution in [0, 0.1) is 11.8 Å². The SMILES string of the molecule is C=C1C(=O)O[C@H](C(C)C)[C@@H]1CCc1ccccc1. The lowest BCUT2D eigenvalue weighted by molar-refractivity contribution is -0.140. The molecule has 1 aromatic rings. The highest BCUT2D eigenvalue weighted by atomic mass is 16.6. The molecule has 0 radical (unpaired) electrons. The second-order valence-corrected chi connectivity index (χ2v) is 5.27. The lowest BCUT2D eigenvalue weighted by Gasteiger charge is -2.20. The zero-order valence-electron chi connectivity index (χ0n) is 11.1. The van der Waals surface area contributed by atoms with Crippen molar-refractivity contribution < 1.29 is 9.53 Å². The molecule has 1 aromatic carbocycles. The van der Waals surface area contributed by atoms with E-state index in [1.165, 1.54) is 5.56 Å². The number of carbonyl (C=O) groups is 1. The first-order chi connectivity index (χ1) is 8.59. The van der Waals surface area contributed by atoms with Crippen molar-refractivity contribution in [3.63, 3.8) is 0 Å². The Bertz CT molecular complexity index is 434. The van der Waals surface area contributed by atoms with Crippen molar-refractivity contribution in [3.8, 4) is 0 Å². The molecule has 2 atom stereocenters. The molecule has 0 unspecified atom stereocenters. The quantitative estimate of drug-likeness (QED) is 0.599. The Morgan fingerprint density at radius 3 is 2.56 bits per heavy atom. The van der Waals surface area contributed by atoms with Crippen molar-refractivity contribution in [3.05, 3.63) is 48.0 Å². The number of rotatable bonds is 4. The Morgan fingerprint density at radius 1 is 1.28 bits per heavy atom. The minimum atomic E-state index is -0.216. The molecule has 2 nitrogen and oxygen atoms in total. The van der Waals surface area contributed by atoms with Gasteiger partial charge >= 0.3 is 5.97 Å². The topological polar surface area (TPSA) is 26.3 Å². The van der Waals surface area contributed by atoms with Gasteiger partial charge in [-0.3, -0.25) is 0 Å². The summed E-state index contributed by atoms with van der Waals surface area (Å²) >= 11 is 0. The van der Waals surface area contributed by atoms with Gasteiger partial charge in [0, 0.05) is 11.5 Å². The van der Waals surface area contributed by atoms with Crippen LogP contribution in [-0.2, 0) is 16.0 Å². The molecule has 1 saturated heterocycles. The van der Waals surface area contributed by atoms with Crippen LogP contribution in [0.4, 0.5) is 0 Å². The Morgan fingerprint density at radius 2 is 1.94 bits per heavy atom. The van der Waals surface area contributed by atoms with Gasteiger partial charge in [0.2, 0.25) is 0 Å². The van der Waals surface area contributed by atoms with Crippen molar-refractivity contribution in [2.24, 2.45) is 11.8 Å². The molecule has 96 valence electrons. The molecule has 2 rings (SSSR count). The van der Waals surface area contributed by atoms with E-state index in [1.54, 1.807) is 0 Å². The van der Waals surface area contributed by atoms with Gasteiger partial charge in [-0.05, 0) is 24.3 Å². The summed E-state index contributed by atoms with van der Waals surface area (Å²) in [6, 6.07) is 10.3. The van der Waals surface area contributed by atoms with E-state index in [-0.39, 0.29) is 18.0 Å². The summed E-state index contributed by atoms with van der Waals surface area (Å²) in [7, 11) is 0. The predicted molar refractivity (Wildman–Crippen MR) is 72.1 cm³/mol. The van der Waals surface area contributed by atoms with Gasteiger partial charge in [-0.2, -0.15) is 0 Å². The van der Waals surface area contributed by atoms with Crippen molar-refractivity contribution >= 4 is 5.97 Å². The molecule has 1 fully saturated rings. The normalized spacial score (nSPS) is 23.5. The summed E-state index contributed by atoms with van der Waals surface area (Å²) in [5.74, 6) is 0.290. The molecule has 0 amide bonds. The van der Waals surface area contributed by atoms with Gasteiger partial charge in [0.05, 0.1) is 0 Å². The molecule has 1 aliphatic heterocycles. The minimum Gasteiger partial charge on any atom is -0.458 e. The lowest BCUT2D eigenvalue weighted by atomic mass is 9.86. The highest BCUT2D eigenvalue weighted by Crippen LogP contribution is 2.34. The Hall–Kier alpha value is -1.57. The van der Waals surface area contributed by atoms with E-state index in [1.807, 2.05) is 18.2 Å². The first kappa shape index (κ1) is 12.9. The molecule has 0 bridgehead atoms. The fourth-order valence-corrected chi connectivity index (χ4v) is 2.54. The monoisotopic (exact) mass is 244 g/mol. The smallest absolute Gasteiger partial charge is 0.334 e. The van der Waals surface area contributed by atoms with Crippen LogP contribution in [-0.4, -0.2) is 12.1 Å². The number of aryl methyl sites for hydroxylation is 1. The summed E-state index contributed by atoms with van der Waals surface area (Å²) in [6.45, 7) is 8.07. The van der Waals surface area contributed by atoms with Gasteiger partial charge in [-0.15, -0.1) is 0 Å². The molecular weight excluding hydrogens is 224 g/mol. The van der Waals surface area contributed by atoms with Crippen molar-refractivity contribution in [2.75, 3.05) is 0 Å². The molecule has 0 spiro atoms. The molecule has 2 heteroatoms. The van der Waals surface area contributed by atoms with Crippen LogP contribution in [0.3, 0.4) is 0 Å². The maximum Gasteiger partial charge on any atom is 0.334 e. The van der Waals surface area contributed by atoms with E-state index in [0.717, 1.165) is 12.8 Å². The Labute approximate surface area is 109 Å². The summed E-state index contributed by atoms with van der Waals surface area (Å²) < 4.78 is 5.40. The summed E-state index contributed by atoms with van der Waals surface area (Å²) in [4.78, 5) is 11.6.